The lowest BCUT2D eigenvalue weighted by atomic mass is 10.0. The summed E-state index contributed by atoms with van der Waals surface area (Å²) in [6, 6.07) is 37.2. The van der Waals surface area contributed by atoms with Gasteiger partial charge in [0.15, 0.2) is 0 Å². The van der Waals surface area contributed by atoms with Crippen molar-refractivity contribution in [3.63, 3.8) is 0 Å². The van der Waals surface area contributed by atoms with E-state index >= 15 is 0 Å². The number of imidazole rings is 2. The Morgan fingerprint density at radius 1 is 0.564 bits per heavy atom. The monoisotopic (exact) mass is 736 g/mol. The fourth-order valence-corrected chi connectivity index (χ4v) is 7.50. The van der Waals surface area contributed by atoms with Crippen LogP contribution >= 0.6 is 0 Å². The van der Waals surface area contributed by atoms with Crippen LogP contribution in [0.2, 0.25) is 0 Å². The number of rotatable bonds is 10. The molecule has 0 amide bonds. The molecular formula is C46H46F2N6O. The summed E-state index contributed by atoms with van der Waals surface area (Å²) in [5, 5.41) is 10.4. The number of hydrogen-bond donors (Lipinski definition) is 2. The van der Waals surface area contributed by atoms with Crippen LogP contribution in [0.25, 0.3) is 22.5 Å². The Bertz CT molecular complexity index is 2280. The first-order valence-corrected chi connectivity index (χ1v) is 18.7. The molecule has 0 saturated heterocycles. The number of nitrogens with zero attached hydrogens (tertiary/aromatic N) is 5. The summed E-state index contributed by atoms with van der Waals surface area (Å²) in [7, 11) is 1.00. The third-order valence-corrected chi connectivity index (χ3v) is 10.3. The molecule has 9 rings (SSSR count). The minimum absolute atomic E-state index is 0.190. The number of aliphatic hydroxyl groups excluding tert-OH is 1. The van der Waals surface area contributed by atoms with Crippen LogP contribution in [0.4, 0.5) is 8.78 Å². The Hall–Kier alpha value is -5.74. The number of fused-ring (bicyclic) bond motifs is 2. The molecule has 2 aliphatic rings. The highest BCUT2D eigenvalue weighted by Gasteiger charge is 2.23. The highest BCUT2D eigenvalue weighted by atomic mass is 19.1. The molecule has 0 fully saturated rings. The molecule has 55 heavy (non-hydrogen) atoms. The second-order valence-electron chi connectivity index (χ2n) is 13.8. The summed E-state index contributed by atoms with van der Waals surface area (Å²) in [4.78, 5) is 11.2. The first-order chi connectivity index (χ1) is 27.1. The molecule has 7 aromatic rings. The largest absolute Gasteiger partial charge is 0.400 e. The molecular weight excluding hydrogens is 691 g/mol. The van der Waals surface area contributed by atoms with Crippen molar-refractivity contribution in [1.82, 2.24) is 29.3 Å². The number of hydrogen-bond acceptors (Lipinski definition) is 5. The smallest absolute Gasteiger partial charge is 0.123 e. The second-order valence-corrected chi connectivity index (χ2v) is 13.8. The van der Waals surface area contributed by atoms with E-state index in [4.69, 9.17) is 5.11 Å². The first-order valence-electron chi connectivity index (χ1n) is 18.7. The standard InChI is InChI=1S/C26H24FN3.C19H18FN3.CH4O/c27-23-11-9-20(10-12-23)13-14-30-19-28-15-26(30)24-8-4-7-22-17-29(18-25(22)24)16-21-5-2-1-3-6-21;20-16-6-4-14(5-7-16)8-9-23-13-22-12-19(23)17-3-1-2-15-10-21-11-18(15)17;1-2/h1-12,15,19H,13-14,16-18H2;1-7,12-13,21H,8-11H2;2H,1H3. The van der Waals surface area contributed by atoms with Crippen molar-refractivity contribution in [2.45, 2.75) is 58.7 Å². The highest BCUT2D eigenvalue weighted by Crippen LogP contribution is 2.34. The van der Waals surface area contributed by atoms with Gasteiger partial charge in [-0.3, -0.25) is 4.90 Å². The van der Waals surface area contributed by atoms with Gasteiger partial charge in [-0.05, 0) is 76.1 Å². The van der Waals surface area contributed by atoms with E-state index in [1.807, 2.05) is 49.3 Å². The zero-order valence-corrected chi connectivity index (χ0v) is 31.1. The maximum atomic E-state index is 13.2. The van der Waals surface area contributed by atoms with Crippen LogP contribution in [0.15, 0.2) is 140 Å². The van der Waals surface area contributed by atoms with Crippen LogP contribution < -0.4 is 5.32 Å². The van der Waals surface area contributed by atoms with Crippen molar-refractivity contribution >= 4 is 0 Å². The van der Waals surface area contributed by atoms with Gasteiger partial charge in [0.25, 0.3) is 0 Å². The van der Waals surface area contributed by atoms with Crippen LogP contribution in [0.1, 0.15) is 38.9 Å². The summed E-state index contributed by atoms with van der Waals surface area (Å²) in [5.74, 6) is -0.383. The zero-order valence-electron chi connectivity index (χ0n) is 31.1. The molecule has 2 aliphatic heterocycles. The number of aryl methyl sites for hydroxylation is 4. The Kier molecular flexibility index (Phi) is 12.3. The van der Waals surface area contributed by atoms with E-state index in [-0.39, 0.29) is 11.6 Å². The third kappa shape index (κ3) is 9.15. The Morgan fingerprint density at radius 3 is 1.69 bits per heavy atom. The Morgan fingerprint density at radius 2 is 1.11 bits per heavy atom. The quantitative estimate of drug-likeness (QED) is 0.147. The van der Waals surface area contributed by atoms with Crippen molar-refractivity contribution in [3.05, 3.63) is 191 Å². The molecule has 0 radical (unpaired) electrons. The van der Waals surface area contributed by atoms with E-state index in [0.29, 0.717) is 0 Å². The predicted molar refractivity (Wildman–Crippen MR) is 214 cm³/mol. The van der Waals surface area contributed by atoms with Crippen molar-refractivity contribution in [2.24, 2.45) is 0 Å². The van der Waals surface area contributed by atoms with Gasteiger partial charge < -0.3 is 19.6 Å². The third-order valence-electron chi connectivity index (χ3n) is 10.3. The van der Waals surface area contributed by atoms with Gasteiger partial charge in [0.1, 0.15) is 11.6 Å². The molecule has 0 atom stereocenters. The number of halogens is 2. The van der Waals surface area contributed by atoms with Gasteiger partial charge in [0.05, 0.1) is 36.4 Å². The fraction of sp³-hybridized carbons (Fsp3) is 0.217. The molecule has 9 heteroatoms. The SMILES string of the molecule is CO.Fc1ccc(CCn2cncc2-c2cccc3c2CN(Cc2ccccc2)C3)cc1.Fc1ccc(CCn2cncc2-c2cccc3c2CNC3)cc1. The number of nitrogens with one attached hydrogen (secondary N) is 1. The fourth-order valence-electron chi connectivity index (χ4n) is 7.50. The Labute approximate surface area is 321 Å². The lowest BCUT2D eigenvalue weighted by molar-refractivity contribution is 0.275. The Balaban J connectivity index is 0.000000167. The molecule has 7 nitrogen and oxygen atoms in total. The molecule has 0 aliphatic carbocycles. The van der Waals surface area contributed by atoms with Crippen LogP contribution in [-0.2, 0) is 58.7 Å². The molecule has 4 heterocycles. The van der Waals surface area contributed by atoms with E-state index in [1.54, 1.807) is 0 Å². The van der Waals surface area contributed by atoms with Gasteiger partial charge in [0.2, 0.25) is 0 Å². The number of aromatic nitrogens is 4. The predicted octanol–water partition coefficient (Wildman–Crippen LogP) is 8.59. The molecule has 0 bridgehead atoms. The van der Waals surface area contributed by atoms with Crippen molar-refractivity contribution in [2.75, 3.05) is 7.11 Å². The molecule has 0 unspecified atom stereocenters. The zero-order chi connectivity index (χ0) is 38.0. The summed E-state index contributed by atoms with van der Waals surface area (Å²) in [6.45, 7) is 6.38. The lowest BCUT2D eigenvalue weighted by Crippen LogP contribution is -2.15. The van der Waals surface area contributed by atoms with E-state index < -0.39 is 0 Å². The summed E-state index contributed by atoms with van der Waals surface area (Å²) < 4.78 is 30.5. The normalized spacial score (nSPS) is 13.0. The van der Waals surface area contributed by atoms with E-state index in [1.165, 1.54) is 63.2 Å². The first kappa shape index (κ1) is 37.6. The minimum atomic E-state index is -0.193. The number of benzene rings is 5. The molecule has 2 aromatic heterocycles. The highest BCUT2D eigenvalue weighted by molar-refractivity contribution is 5.67. The molecule has 0 spiro atoms. The van der Waals surface area contributed by atoms with Gasteiger partial charge in [-0.1, -0.05) is 91.0 Å². The average molecular weight is 737 g/mol. The van der Waals surface area contributed by atoms with Gasteiger partial charge in [0, 0.05) is 64.0 Å². The molecule has 280 valence electrons. The number of aliphatic hydroxyl groups is 1. The van der Waals surface area contributed by atoms with Crippen LogP contribution in [0.5, 0.6) is 0 Å². The average Bonchev–Trinajstić information content (AvgIpc) is 4.06. The topological polar surface area (TPSA) is 71.1 Å². The minimum Gasteiger partial charge on any atom is -0.400 e. The van der Waals surface area contributed by atoms with E-state index in [9.17, 15) is 8.78 Å². The van der Waals surface area contributed by atoms with Gasteiger partial charge in [-0.25, -0.2) is 18.7 Å². The summed E-state index contributed by atoms with van der Waals surface area (Å²) >= 11 is 0. The van der Waals surface area contributed by atoms with Crippen LogP contribution in [0, 0.1) is 11.6 Å². The van der Waals surface area contributed by atoms with Gasteiger partial charge in [-0.2, -0.15) is 0 Å². The van der Waals surface area contributed by atoms with Gasteiger partial charge in [-0.15, -0.1) is 0 Å². The van der Waals surface area contributed by atoms with Crippen molar-refractivity contribution in [1.29, 1.82) is 0 Å². The summed E-state index contributed by atoms with van der Waals surface area (Å²) in [5.41, 5.74) is 14.0. The van der Waals surface area contributed by atoms with Crippen LogP contribution in [0.3, 0.4) is 0 Å². The molecule has 2 N–H and O–H groups in total. The maximum absolute atomic E-state index is 13.2. The molecule has 0 saturated carbocycles. The van der Waals surface area contributed by atoms with Crippen molar-refractivity contribution < 1.29 is 13.9 Å². The van der Waals surface area contributed by atoms with Crippen LogP contribution in [-0.4, -0.2) is 36.2 Å². The van der Waals surface area contributed by atoms with Gasteiger partial charge >= 0.3 is 0 Å². The second kappa shape index (κ2) is 18.1. The summed E-state index contributed by atoms with van der Waals surface area (Å²) in [6.07, 6.45) is 9.37. The molecule has 5 aromatic carbocycles. The van der Waals surface area contributed by atoms with E-state index in [2.05, 4.69) is 96.0 Å². The van der Waals surface area contributed by atoms with E-state index in [0.717, 1.165) is 88.3 Å². The van der Waals surface area contributed by atoms with Crippen molar-refractivity contribution in [3.8, 4) is 22.5 Å². The lowest BCUT2D eigenvalue weighted by Gasteiger charge is -2.15. The maximum Gasteiger partial charge on any atom is 0.123 e.